The molecule has 46 heavy (non-hydrogen) atoms. The summed E-state index contributed by atoms with van der Waals surface area (Å²) < 4.78 is 0. The van der Waals surface area contributed by atoms with Gasteiger partial charge in [0.2, 0.25) is 0 Å². The van der Waals surface area contributed by atoms with Crippen LogP contribution in [0.1, 0.15) is 87.4 Å². The first-order chi connectivity index (χ1) is 22.3. The maximum atomic E-state index is 13.6. The monoisotopic (exact) mass is 616 g/mol. The highest BCUT2D eigenvalue weighted by molar-refractivity contribution is 6.26. The van der Waals surface area contributed by atoms with Gasteiger partial charge in [0, 0.05) is 70.8 Å². The van der Waals surface area contributed by atoms with Crippen LogP contribution in [0.15, 0.2) is 72.8 Å². The summed E-state index contributed by atoms with van der Waals surface area (Å²) in [6, 6.07) is 22.7. The van der Waals surface area contributed by atoms with Gasteiger partial charge in [-0.25, -0.2) is 0 Å². The van der Waals surface area contributed by atoms with Gasteiger partial charge in [0.05, 0.1) is 0 Å². The third-order valence-corrected chi connectivity index (χ3v) is 10.3. The molecule has 2 heterocycles. The summed E-state index contributed by atoms with van der Waals surface area (Å²) >= 11 is 0. The van der Waals surface area contributed by atoms with Crippen LogP contribution in [0.4, 0.5) is 0 Å². The average molecular weight is 617 g/mol. The molecule has 0 unspecified atom stereocenters. The largest absolute Gasteiger partial charge is 0.315 e. The molecule has 1 fully saturated rings. The molecule has 0 radical (unpaired) electrons. The lowest BCUT2D eigenvalue weighted by Crippen LogP contribution is -2.55. The first-order valence-electron chi connectivity index (χ1n) is 16.5. The third kappa shape index (κ3) is 5.00. The zero-order chi connectivity index (χ0) is 32.0. The van der Waals surface area contributed by atoms with E-state index in [0.717, 1.165) is 60.2 Å². The van der Waals surface area contributed by atoms with E-state index in [1.165, 1.54) is 9.80 Å². The molecule has 1 aliphatic carbocycles. The molecule has 1 N–H and O–H groups in total. The Bertz CT molecular complexity index is 1770. The van der Waals surface area contributed by atoms with Crippen molar-refractivity contribution < 1.29 is 19.2 Å². The topological polar surface area (TPSA) is 90.0 Å². The summed E-state index contributed by atoms with van der Waals surface area (Å²) in [5.41, 5.74) is 2.29. The van der Waals surface area contributed by atoms with E-state index in [-0.39, 0.29) is 35.2 Å². The molecule has 1 saturated carbocycles. The highest BCUT2D eigenvalue weighted by atomic mass is 16.2. The number of nitrogens with zero attached hydrogens (tertiary/aromatic N) is 3. The predicted octanol–water partition coefficient (Wildman–Crippen LogP) is 5.89. The van der Waals surface area contributed by atoms with Gasteiger partial charge >= 0.3 is 0 Å². The molecule has 8 nitrogen and oxygen atoms in total. The zero-order valence-electron chi connectivity index (χ0n) is 26.6. The Morgan fingerprint density at radius 2 is 1.09 bits per heavy atom. The Kier molecular flexibility index (Phi) is 7.95. The van der Waals surface area contributed by atoms with Gasteiger partial charge in [-0.3, -0.25) is 33.9 Å². The molecule has 236 valence electrons. The van der Waals surface area contributed by atoms with Gasteiger partial charge in [0.25, 0.3) is 23.6 Å². The maximum absolute atomic E-state index is 13.6. The molecule has 0 bridgehead atoms. The van der Waals surface area contributed by atoms with Crippen LogP contribution in [0.5, 0.6) is 0 Å². The number of amides is 4. The van der Waals surface area contributed by atoms with Gasteiger partial charge in [-0.1, -0.05) is 61.4 Å². The standard InChI is InChI=1S/C38H40N4O4/c1-25(2)42(24-23-41-36(45)30-15-7-11-27-12-8-16-31(33(27)30)37(41)46)38(17-3-4-18-38)19-20-39-21-22-40-34(43)28-13-5-9-26-10-6-14-29(32(26)28)35(40)44/h5-16,25,39H,3-4,17-24H2,1-2H3. The van der Waals surface area contributed by atoms with Crippen molar-refractivity contribution in [2.75, 3.05) is 32.7 Å². The average Bonchev–Trinajstić information content (AvgIpc) is 3.54. The number of carbonyl (C=O) groups is 4. The van der Waals surface area contributed by atoms with Gasteiger partial charge < -0.3 is 5.32 Å². The summed E-state index contributed by atoms with van der Waals surface area (Å²) in [5, 5.41) is 6.83. The Balaban J connectivity index is 0.998. The fourth-order valence-electron chi connectivity index (χ4n) is 8.17. The first-order valence-corrected chi connectivity index (χ1v) is 16.5. The van der Waals surface area contributed by atoms with Gasteiger partial charge in [-0.05, 0) is 74.7 Å². The molecule has 4 aromatic rings. The molecule has 4 amide bonds. The van der Waals surface area contributed by atoms with Crippen molar-refractivity contribution in [1.29, 1.82) is 0 Å². The van der Waals surface area contributed by atoms with E-state index < -0.39 is 0 Å². The van der Waals surface area contributed by atoms with E-state index in [1.54, 1.807) is 12.1 Å². The van der Waals surface area contributed by atoms with Crippen molar-refractivity contribution in [3.63, 3.8) is 0 Å². The van der Waals surface area contributed by atoms with Crippen LogP contribution < -0.4 is 5.32 Å². The summed E-state index contributed by atoms with van der Waals surface area (Å²) in [5.74, 6) is -0.924. The van der Waals surface area contributed by atoms with Crippen LogP contribution in [0.25, 0.3) is 21.5 Å². The molecule has 8 heteroatoms. The number of carbonyl (C=O) groups excluding carboxylic acids is 4. The molecule has 0 saturated heterocycles. The Labute approximate surface area is 269 Å². The highest BCUT2D eigenvalue weighted by Crippen LogP contribution is 2.39. The first kappa shape index (κ1) is 30.3. The third-order valence-electron chi connectivity index (χ3n) is 10.3. The molecule has 4 aromatic carbocycles. The Hall–Kier alpha value is -4.40. The van der Waals surface area contributed by atoms with E-state index >= 15 is 0 Å². The van der Waals surface area contributed by atoms with E-state index in [1.807, 2.05) is 60.7 Å². The van der Waals surface area contributed by atoms with Gasteiger partial charge in [0.1, 0.15) is 0 Å². The summed E-state index contributed by atoms with van der Waals surface area (Å²) in [6.45, 7) is 6.87. The molecule has 0 spiro atoms. The number of nitrogens with one attached hydrogen (secondary N) is 1. The van der Waals surface area contributed by atoms with E-state index in [0.29, 0.717) is 48.4 Å². The molecule has 2 aliphatic heterocycles. The second-order valence-electron chi connectivity index (χ2n) is 13.2. The number of hydrogen-bond acceptors (Lipinski definition) is 6. The van der Waals surface area contributed by atoms with Crippen LogP contribution in [0.3, 0.4) is 0 Å². The lowest BCUT2D eigenvalue weighted by atomic mass is 9.89. The summed E-state index contributed by atoms with van der Waals surface area (Å²) in [7, 11) is 0. The van der Waals surface area contributed by atoms with Crippen LogP contribution in [0, 0.1) is 0 Å². The molecule has 7 rings (SSSR count). The van der Waals surface area contributed by atoms with Crippen molar-refractivity contribution in [1.82, 2.24) is 20.0 Å². The SMILES string of the molecule is CC(C)N(CCN1C(=O)c2cccc3cccc(c23)C1=O)C1(CCNCCN2C(=O)c3cccc4cccc(c34)C2=O)CCCC1. The van der Waals surface area contributed by atoms with Crippen molar-refractivity contribution in [3.8, 4) is 0 Å². The fourth-order valence-corrected chi connectivity index (χ4v) is 8.17. The Morgan fingerprint density at radius 1 is 0.652 bits per heavy atom. The van der Waals surface area contributed by atoms with Crippen LogP contribution in [-0.4, -0.2) is 82.6 Å². The molecule has 0 atom stereocenters. The second kappa shape index (κ2) is 12.1. The van der Waals surface area contributed by atoms with Crippen LogP contribution >= 0.6 is 0 Å². The van der Waals surface area contributed by atoms with E-state index in [9.17, 15) is 19.2 Å². The van der Waals surface area contributed by atoms with Crippen LogP contribution in [-0.2, 0) is 0 Å². The van der Waals surface area contributed by atoms with Gasteiger partial charge in [-0.2, -0.15) is 0 Å². The number of imide groups is 2. The van der Waals surface area contributed by atoms with Crippen LogP contribution in [0.2, 0.25) is 0 Å². The van der Waals surface area contributed by atoms with E-state index in [2.05, 4.69) is 24.1 Å². The van der Waals surface area contributed by atoms with Gasteiger partial charge in [0.15, 0.2) is 0 Å². The van der Waals surface area contributed by atoms with Gasteiger partial charge in [-0.15, -0.1) is 0 Å². The van der Waals surface area contributed by atoms with Crippen molar-refractivity contribution >= 4 is 45.2 Å². The molecular formula is C38H40N4O4. The normalized spacial score (nSPS) is 17.4. The lowest BCUT2D eigenvalue weighted by molar-refractivity contribution is 0.0351. The number of hydrogen-bond donors (Lipinski definition) is 1. The zero-order valence-corrected chi connectivity index (χ0v) is 26.6. The predicted molar refractivity (Wildman–Crippen MR) is 179 cm³/mol. The minimum atomic E-state index is -0.241. The van der Waals surface area contributed by atoms with E-state index in [4.69, 9.17) is 0 Å². The van der Waals surface area contributed by atoms with Crippen molar-refractivity contribution in [2.24, 2.45) is 0 Å². The van der Waals surface area contributed by atoms with Crippen molar-refractivity contribution in [2.45, 2.75) is 57.5 Å². The minimum absolute atomic E-state index is 0.0493. The second-order valence-corrected chi connectivity index (χ2v) is 13.2. The highest BCUT2D eigenvalue weighted by Gasteiger charge is 2.41. The summed E-state index contributed by atoms with van der Waals surface area (Å²) in [6.07, 6.45) is 5.30. The maximum Gasteiger partial charge on any atom is 0.261 e. The van der Waals surface area contributed by atoms with Crippen molar-refractivity contribution in [3.05, 3.63) is 95.1 Å². The molecule has 3 aliphatic rings. The lowest BCUT2D eigenvalue weighted by Gasteiger charge is -2.45. The minimum Gasteiger partial charge on any atom is -0.315 e. The fraction of sp³-hybridized carbons (Fsp3) is 0.368. The summed E-state index contributed by atoms with van der Waals surface area (Å²) in [4.78, 5) is 59.0. The number of benzene rings is 4. The Morgan fingerprint density at radius 3 is 1.52 bits per heavy atom. The number of rotatable bonds is 11. The quantitative estimate of drug-likeness (QED) is 0.167. The smallest absolute Gasteiger partial charge is 0.261 e. The molecule has 0 aromatic heterocycles. The molecular weight excluding hydrogens is 576 g/mol.